The van der Waals surface area contributed by atoms with Crippen molar-refractivity contribution < 1.29 is 5.11 Å². The van der Waals surface area contributed by atoms with Gasteiger partial charge in [-0.1, -0.05) is 12.1 Å². The predicted octanol–water partition coefficient (Wildman–Crippen LogP) is 3.42. The number of rotatable bonds is 4. The van der Waals surface area contributed by atoms with Crippen molar-refractivity contribution in [2.45, 2.75) is 18.6 Å². The van der Waals surface area contributed by atoms with Gasteiger partial charge in [-0.15, -0.1) is 35.1 Å². The zero-order chi connectivity index (χ0) is 12.5. The third-order valence-electron chi connectivity index (χ3n) is 3.17. The minimum absolute atomic E-state index is 0. The van der Waals surface area contributed by atoms with E-state index >= 15 is 0 Å². The molecule has 0 spiro atoms. The van der Waals surface area contributed by atoms with Crippen LogP contribution in [0.5, 0.6) is 0 Å². The molecule has 0 aliphatic heterocycles. The molecule has 2 aromatic rings. The largest absolute Gasteiger partial charge is 0.377 e. The van der Waals surface area contributed by atoms with E-state index in [0.717, 1.165) is 9.75 Å². The molecule has 2 aromatic heterocycles. The number of aliphatic hydroxyl groups is 1. The normalized spacial score (nSPS) is 13.4. The van der Waals surface area contributed by atoms with Crippen LogP contribution in [0.15, 0.2) is 35.0 Å². The van der Waals surface area contributed by atoms with Crippen LogP contribution >= 0.6 is 35.1 Å². The summed E-state index contributed by atoms with van der Waals surface area (Å²) < 4.78 is 0. The van der Waals surface area contributed by atoms with Gasteiger partial charge in [0.05, 0.1) is 0 Å². The van der Waals surface area contributed by atoms with E-state index < -0.39 is 5.60 Å². The van der Waals surface area contributed by atoms with Gasteiger partial charge in [-0.2, -0.15) is 0 Å². The molecule has 2 rings (SSSR count). The van der Waals surface area contributed by atoms with Crippen molar-refractivity contribution in [3.63, 3.8) is 0 Å². The standard InChI is InChI=1S/C13H17NOS2.ClH/c1-10(14(2)3)13(15,11-6-4-8-16-11)12-7-5-9-17-12;/h4-10,15H,1-3H3;1H. The number of halogens is 1. The first kappa shape index (κ1) is 15.7. The topological polar surface area (TPSA) is 23.5 Å². The molecule has 0 aliphatic rings. The fourth-order valence-electron chi connectivity index (χ4n) is 1.90. The summed E-state index contributed by atoms with van der Waals surface area (Å²) in [5.41, 5.74) is -0.911. The van der Waals surface area contributed by atoms with Crippen LogP contribution in [0.4, 0.5) is 0 Å². The number of hydrogen-bond acceptors (Lipinski definition) is 4. The van der Waals surface area contributed by atoms with Gasteiger partial charge < -0.3 is 10.0 Å². The number of thiophene rings is 2. The van der Waals surface area contributed by atoms with E-state index in [2.05, 4.69) is 11.8 Å². The van der Waals surface area contributed by atoms with E-state index in [1.807, 2.05) is 49.1 Å². The van der Waals surface area contributed by atoms with Gasteiger partial charge in [0.2, 0.25) is 0 Å². The van der Waals surface area contributed by atoms with Gasteiger partial charge in [0.25, 0.3) is 0 Å². The van der Waals surface area contributed by atoms with Crippen molar-refractivity contribution in [2.75, 3.05) is 14.1 Å². The van der Waals surface area contributed by atoms with E-state index in [1.54, 1.807) is 22.7 Å². The average molecular weight is 304 g/mol. The van der Waals surface area contributed by atoms with E-state index in [-0.39, 0.29) is 18.4 Å². The molecule has 0 amide bonds. The quantitative estimate of drug-likeness (QED) is 0.935. The Morgan fingerprint density at radius 2 is 1.56 bits per heavy atom. The lowest BCUT2D eigenvalue weighted by atomic mass is 9.91. The van der Waals surface area contributed by atoms with E-state index in [9.17, 15) is 5.11 Å². The first-order valence-corrected chi connectivity index (χ1v) is 7.29. The van der Waals surface area contributed by atoms with Crippen LogP contribution < -0.4 is 0 Å². The van der Waals surface area contributed by atoms with Crippen LogP contribution in [0, 0.1) is 0 Å². The third kappa shape index (κ3) is 2.63. The summed E-state index contributed by atoms with van der Waals surface area (Å²) in [5, 5.41) is 15.2. The summed E-state index contributed by atoms with van der Waals surface area (Å²) in [6.07, 6.45) is 0. The van der Waals surface area contributed by atoms with Crippen LogP contribution in [-0.4, -0.2) is 30.1 Å². The molecule has 1 N–H and O–H groups in total. The Morgan fingerprint density at radius 3 is 1.83 bits per heavy atom. The van der Waals surface area contributed by atoms with Crippen molar-refractivity contribution in [1.29, 1.82) is 0 Å². The van der Waals surface area contributed by atoms with Crippen molar-refractivity contribution in [1.82, 2.24) is 4.90 Å². The highest BCUT2D eigenvalue weighted by Crippen LogP contribution is 2.39. The molecule has 0 bridgehead atoms. The molecular weight excluding hydrogens is 286 g/mol. The van der Waals surface area contributed by atoms with Gasteiger partial charge >= 0.3 is 0 Å². The van der Waals surface area contributed by atoms with Crippen molar-refractivity contribution in [3.8, 4) is 0 Å². The van der Waals surface area contributed by atoms with Crippen molar-refractivity contribution >= 4 is 35.1 Å². The molecule has 0 aromatic carbocycles. The zero-order valence-corrected chi connectivity index (χ0v) is 13.1. The van der Waals surface area contributed by atoms with E-state index in [0.29, 0.717) is 0 Å². The van der Waals surface area contributed by atoms with Crippen LogP contribution in [-0.2, 0) is 5.60 Å². The summed E-state index contributed by atoms with van der Waals surface area (Å²) in [6, 6.07) is 8.01. The maximum Gasteiger partial charge on any atom is 0.148 e. The van der Waals surface area contributed by atoms with Gasteiger partial charge in [-0.25, -0.2) is 0 Å². The third-order valence-corrected chi connectivity index (χ3v) is 5.16. The summed E-state index contributed by atoms with van der Waals surface area (Å²) in [5.74, 6) is 0. The molecule has 1 unspecified atom stereocenters. The van der Waals surface area contributed by atoms with E-state index in [1.165, 1.54) is 0 Å². The lowest BCUT2D eigenvalue weighted by Crippen LogP contribution is -2.45. The molecule has 0 aliphatic carbocycles. The Balaban J connectivity index is 0.00000162. The molecule has 100 valence electrons. The lowest BCUT2D eigenvalue weighted by molar-refractivity contribution is 0.0113. The summed E-state index contributed by atoms with van der Waals surface area (Å²) in [6.45, 7) is 2.06. The average Bonchev–Trinajstić information content (AvgIpc) is 2.98. The van der Waals surface area contributed by atoms with Crippen LogP contribution in [0.2, 0.25) is 0 Å². The first-order chi connectivity index (χ1) is 8.06. The molecular formula is C13H18ClNOS2. The molecule has 2 heterocycles. The zero-order valence-electron chi connectivity index (χ0n) is 10.7. The van der Waals surface area contributed by atoms with Gasteiger partial charge in [0.1, 0.15) is 5.60 Å². The minimum Gasteiger partial charge on any atom is -0.377 e. The fourth-order valence-corrected chi connectivity index (χ4v) is 3.80. The summed E-state index contributed by atoms with van der Waals surface area (Å²) >= 11 is 3.21. The lowest BCUT2D eigenvalue weighted by Gasteiger charge is -2.36. The molecule has 0 saturated heterocycles. The smallest absolute Gasteiger partial charge is 0.148 e. The second-order valence-corrected chi connectivity index (χ2v) is 6.26. The monoisotopic (exact) mass is 303 g/mol. The second-order valence-electron chi connectivity index (χ2n) is 4.36. The second kappa shape index (κ2) is 6.17. The van der Waals surface area contributed by atoms with Gasteiger partial charge in [-0.3, -0.25) is 0 Å². The molecule has 0 radical (unpaired) electrons. The molecule has 18 heavy (non-hydrogen) atoms. The molecule has 0 fully saturated rings. The Hall–Kier alpha value is -0.390. The number of nitrogens with zero attached hydrogens (tertiary/aromatic N) is 1. The van der Waals surface area contributed by atoms with Crippen molar-refractivity contribution in [2.24, 2.45) is 0 Å². The highest BCUT2D eigenvalue weighted by atomic mass is 35.5. The summed E-state index contributed by atoms with van der Waals surface area (Å²) in [4.78, 5) is 4.06. The Morgan fingerprint density at radius 1 is 1.11 bits per heavy atom. The maximum atomic E-state index is 11.1. The van der Waals surface area contributed by atoms with Gasteiger partial charge in [-0.05, 0) is 43.9 Å². The first-order valence-electron chi connectivity index (χ1n) is 5.53. The fraction of sp³-hybridized carbons (Fsp3) is 0.385. The Kier molecular flexibility index (Phi) is 5.37. The molecule has 0 saturated carbocycles. The molecule has 2 nitrogen and oxygen atoms in total. The van der Waals surface area contributed by atoms with E-state index in [4.69, 9.17) is 0 Å². The Bertz CT molecular complexity index is 419. The molecule has 5 heteroatoms. The summed E-state index contributed by atoms with van der Waals surface area (Å²) in [7, 11) is 3.99. The highest BCUT2D eigenvalue weighted by Gasteiger charge is 2.40. The van der Waals surface area contributed by atoms with Crippen LogP contribution in [0.25, 0.3) is 0 Å². The number of likely N-dealkylation sites (N-methyl/N-ethyl adjacent to an activating group) is 1. The highest BCUT2D eigenvalue weighted by molar-refractivity contribution is 7.11. The predicted molar refractivity (Wildman–Crippen MR) is 82.0 cm³/mol. The van der Waals surface area contributed by atoms with Crippen LogP contribution in [0.3, 0.4) is 0 Å². The van der Waals surface area contributed by atoms with Crippen molar-refractivity contribution in [3.05, 3.63) is 44.8 Å². The Labute approximate surface area is 122 Å². The van der Waals surface area contributed by atoms with Gasteiger partial charge in [0, 0.05) is 15.8 Å². The van der Waals surface area contributed by atoms with Crippen LogP contribution in [0.1, 0.15) is 16.7 Å². The molecule has 1 atom stereocenters. The maximum absolute atomic E-state index is 11.1. The SMILES string of the molecule is CC(N(C)C)C(O)(c1cccs1)c1cccs1.Cl. The number of hydrogen-bond donors (Lipinski definition) is 1. The minimum atomic E-state index is -0.911. The van der Waals surface area contributed by atoms with Gasteiger partial charge in [0.15, 0.2) is 0 Å².